The highest BCUT2D eigenvalue weighted by molar-refractivity contribution is 7.23. The number of fused-ring (bicyclic) bond motifs is 3. The van der Waals surface area contributed by atoms with Crippen molar-refractivity contribution in [2.45, 2.75) is 6.42 Å². The monoisotopic (exact) mass is 447 g/mol. The Hall–Kier alpha value is -3.23. The third-order valence-corrected chi connectivity index (χ3v) is 7.08. The second-order valence-electron chi connectivity index (χ2n) is 8.35. The minimum atomic E-state index is -0.108. The predicted octanol–water partition coefficient (Wildman–Crippen LogP) is 3.26. The smallest absolute Gasteiger partial charge is 0.251 e. The molecule has 2 aromatic carbocycles. The molecule has 3 heterocycles. The van der Waals surface area contributed by atoms with Crippen LogP contribution in [-0.4, -0.2) is 59.8 Å². The lowest BCUT2D eigenvalue weighted by Gasteiger charge is -2.11. The van der Waals surface area contributed by atoms with E-state index in [0.717, 1.165) is 52.5 Å². The first-order valence-electron chi connectivity index (χ1n) is 10.7. The van der Waals surface area contributed by atoms with Crippen LogP contribution in [0.3, 0.4) is 0 Å². The summed E-state index contributed by atoms with van der Waals surface area (Å²) in [5.41, 5.74) is 4.13. The van der Waals surface area contributed by atoms with Gasteiger partial charge >= 0.3 is 0 Å². The van der Waals surface area contributed by atoms with Gasteiger partial charge in [-0.25, -0.2) is 4.98 Å². The molecule has 0 spiro atoms. The van der Waals surface area contributed by atoms with Crippen LogP contribution < -0.4 is 10.6 Å². The lowest BCUT2D eigenvalue weighted by molar-refractivity contribution is 0.0944. The quantitative estimate of drug-likeness (QED) is 0.492. The van der Waals surface area contributed by atoms with Crippen LogP contribution in [0, 0.1) is 5.92 Å². The van der Waals surface area contributed by atoms with Gasteiger partial charge < -0.3 is 15.5 Å². The van der Waals surface area contributed by atoms with Crippen molar-refractivity contribution in [1.82, 2.24) is 24.9 Å². The maximum Gasteiger partial charge on any atom is 0.251 e. The topological polar surface area (TPSA) is 78.7 Å². The van der Waals surface area contributed by atoms with Gasteiger partial charge in [0.25, 0.3) is 11.8 Å². The third kappa shape index (κ3) is 3.87. The number of aromatic nitrogens is 2. The Morgan fingerprint density at radius 1 is 1.12 bits per heavy atom. The number of carbonyl (C=O) groups excluding carboxylic acids is 2. The molecule has 0 saturated carbocycles. The van der Waals surface area contributed by atoms with Crippen molar-refractivity contribution >= 4 is 38.3 Å². The number of carbonyl (C=O) groups is 2. The second-order valence-corrected chi connectivity index (χ2v) is 9.36. The molecule has 1 aliphatic rings. The van der Waals surface area contributed by atoms with Gasteiger partial charge in [-0.05, 0) is 56.3 Å². The van der Waals surface area contributed by atoms with Crippen molar-refractivity contribution in [2.24, 2.45) is 5.92 Å². The molecule has 1 aliphatic heterocycles. The van der Waals surface area contributed by atoms with Gasteiger partial charge in [-0.1, -0.05) is 23.5 Å². The number of imidazole rings is 1. The Bertz CT molecular complexity index is 1310. The molecule has 0 bridgehead atoms. The zero-order valence-corrected chi connectivity index (χ0v) is 18.9. The number of likely N-dealkylation sites (tertiary alicyclic amines) is 1. The molecule has 5 rings (SSSR count). The first-order chi connectivity index (χ1) is 15.5. The van der Waals surface area contributed by atoms with Gasteiger partial charge in [0, 0.05) is 43.0 Å². The molecule has 2 aromatic heterocycles. The lowest BCUT2D eigenvalue weighted by Crippen LogP contribution is -2.30. The fraction of sp³-hybridized carbons (Fsp3) is 0.292. The molecule has 2 N–H and O–H groups in total. The van der Waals surface area contributed by atoms with Crippen LogP contribution in [-0.2, 0) is 0 Å². The Morgan fingerprint density at radius 3 is 2.62 bits per heavy atom. The highest BCUT2D eigenvalue weighted by atomic mass is 32.1. The third-order valence-electron chi connectivity index (χ3n) is 6.07. The number of hydrogen-bond donors (Lipinski definition) is 2. The van der Waals surface area contributed by atoms with Crippen LogP contribution >= 0.6 is 11.3 Å². The Morgan fingerprint density at radius 2 is 1.91 bits per heavy atom. The maximum absolute atomic E-state index is 12.6. The summed E-state index contributed by atoms with van der Waals surface area (Å²) in [4.78, 5) is 32.3. The fourth-order valence-corrected chi connectivity index (χ4v) is 5.30. The van der Waals surface area contributed by atoms with Gasteiger partial charge in [0.1, 0.15) is 0 Å². The Balaban J connectivity index is 1.35. The van der Waals surface area contributed by atoms with E-state index >= 15 is 0 Å². The van der Waals surface area contributed by atoms with Crippen molar-refractivity contribution in [2.75, 3.05) is 33.7 Å². The predicted molar refractivity (Wildman–Crippen MR) is 127 cm³/mol. The minimum absolute atomic E-state index is 0.0237. The zero-order chi connectivity index (χ0) is 22.2. The molecule has 4 aromatic rings. The van der Waals surface area contributed by atoms with E-state index in [4.69, 9.17) is 4.98 Å². The molecule has 1 atom stereocenters. The fourth-order valence-electron chi connectivity index (χ4n) is 4.25. The number of hydrogen-bond acceptors (Lipinski definition) is 5. The van der Waals surface area contributed by atoms with E-state index < -0.39 is 0 Å². The average Bonchev–Trinajstić information content (AvgIpc) is 3.50. The molecule has 1 fully saturated rings. The van der Waals surface area contributed by atoms with Crippen molar-refractivity contribution in [3.63, 3.8) is 0 Å². The summed E-state index contributed by atoms with van der Waals surface area (Å²) < 4.78 is 3.08. The summed E-state index contributed by atoms with van der Waals surface area (Å²) in [6.45, 7) is 2.86. The maximum atomic E-state index is 12.6. The van der Waals surface area contributed by atoms with Gasteiger partial charge in [0.05, 0.1) is 15.9 Å². The van der Waals surface area contributed by atoms with E-state index in [0.29, 0.717) is 17.0 Å². The Labute approximate surface area is 190 Å². The SMILES string of the molecule is CNC(=O)c1ccc(-c2cn3c(n2)sc2cc(C(=O)NCC4CCN(C)C4)ccc23)cc1. The number of nitrogens with one attached hydrogen (secondary N) is 2. The van der Waals surface area contributed by atoms with Crippen LogP contribution in [0.5, 0.6) is 0 Å². The van der Waals surface area contributed by atoms with Gasteiger partial charge in [-0.2, -0.15) is 0 Å². The van der Waals surface area contributed by atoms with E-state index in [1.54, 1.807) is 30.5 Å². The Kier molecular flexibility index (Phi) is 5.40. The first-order valence-corrected chi connectivity index (χ1v) is 11.5. The van der Waals surface area contributed by atoms with E-state index in [9.17, 15) is 9.59 Å². The van der Waals surface area contributed by atoms with Crippen LogP contribution in [0.2, 0.25) is 0 Å². The first kappa shape index (κ1) is 20.7. The van der Waals surface area contributed by atoms with Crippen molar-refractivity contribution in [3.05, 3.63) is 59.8 Å². The number of thiazole rings is 1. The molecule has 8 heteroatoms. The number of nitrogens with zero attached hydrogens (tertiary/aromatic N) is 3. The average molecular weight is 448 g/mol. The summed E-state index contributed by atoms with van der Waals surface area (Å²) >= 11 is 1.57. The van der Waals surface area contributed by atoms with Gasteiger partial charge in [-0.3, -0.25) is 14.0 Å². The number of rotatable bonds is 5. The number of amides is 2. The van der Waals surface area contributed by atoms with Crippen molar-refractivity contribution in [1.29, 1.82) is 0 Å². The number of benzene rings is 2. The summed E-state index contributed by atoms with van der Waals surface area (Å²) in [5.74, 6) is 0.398. The summed E-state index contributed by atoms with van der Waals surface area (Å²) in [5, 5.41) is 5.72. The molecule has 0 radical (unpaired) electrons. The molecular formula is C24H25N5O2S. The summed E-state index contributed by atoms with van der Waals surface area (Å²) in [7, 11) is 3.74. The largest absolute Gasteiger partial charge is 0.355 e. The lowest BCUT2D eigenvalue weighted by atomic mass is 10.1. The van der Waals surface area contributed by atoms with Gasteiger partial charge in [0.2, 0.25) is 0 Å². The van der Waals surface area contributed by atoms with Gasteiger partial charge in [-0.15, -0.1) is 0 Å². The molecule has 32 heavy (non-hydrogen) atoms. The summed E-state index contributed by atoms with van der Waals surface area (Å²) in [6, 6.07) is 13.2. The zero-order valence-electron chi connectivity index (χ0n) is 18.1. The van der Waals surface area contributed by atoms with Crippen LogP contribution in [0.25, 0.3) is 26.4 Å². The van der Waals surface area contributed by atoms with Gasteiger partial charge in [0.15, 0.2) is 4.96 Å². The second kappa shape index (κ2) is 8.37. The molecular weight excluding hydrogens is 422 g/mol. The molecule has 0 aliphatic carbocycles. The van der Waals surface area contributed by atoms with Crippen LogP contribution in [0.1, 0.15) is 27.1 Å². The highest BCUT2D eigenvalue weighted by Gasteiger charge is 2.20. The summed E-state index contributed by atoms with van der Waals surface area (Å²) in [6.07, 6.45) is 3.13. The van der Waals surface area contributed by atoms with Crippen LogP contribution in [0.15, 0.2) is 48.7 Å². The van der Waals surface area contributed by atoms with Crippen LogP contribution in [0.4, 0.5) is 0 Å². The van der Waals surface area contributed by atoms with E-state index in [1.807, 2.05) is 36.5 Å². The van der Waals surface area contributed by atoms with Crippen molar-refractivity contribution in [3.8, 4) is 11.3 Å². The van der Waals surface area contributed by atoms with E-state index in [-0.39, 0.29) is 11.8 Å². The van der Waals surface area contributed by atoms with E-state index in [2.05, 4.69) is 27.0 Å². The van der Waals surface area contributed by atoms with Crippen molar-refractivity contribution < 1.29 is 9.59 Å². The normalized spacial score (nSPS) is 16.6. The molecule has 1 saturated heterocycles. The minimum Gasteiger partial charge on any atom is -0.355 e. The van der Waals surface area contributed by atoms with E-state index in [1.165, 1.54) is 0 Å². The standard InChI is InChI=1S/C24H25N5O2S/c1-25-22(30)17-5-3-16(4-6-17)19-14-29-20-8-7-18(11-21(20)32-24(29)27-19)23(31)26-12-15-9-10-28(2)13-15/h3-8,11,14-15H,9-10,12-13H2,1-2H3,(H,25,30)(H,26,31). The molecule has 164 valence electrons. The molecule has 2 amide bonds. The molecule has 7 nitrogen and oxygen atoms in total. The highest BCUT2D eigenvalue weighted by Crippen LogP contribution is 2.30. The molecule has 1 unspecified atom stereocenters.